The average molecular weight is 371 g/mol. The Hall–Kier alpha value is -3.23. The summed E-state index contributed by atoms with van der Waals surface area (Å²) in [6, 6.07) is 6.89. The number of nitrogens with zero attached hydrogens (tertiary/aromatic N) is 5. The van der Waals surface area contributed by atoms with E-state index in [2.05, 4.69) is 10.1 Å². The van der Waals surface area contributed by atoms with Crippen molar-refractivity contribution in [1.82, 2.24) is 24.6 Å². The Kier molecular flexibility index (Phi) is 5.49. The fourth-order valence-electron chi connectivity index (χ4n) is 3.12. The van der Waals surface area contributed by atoms with E-state index in [0.717, 1.165) is 0 Å². The highest BCUT2D eigenvalue weighted by atomic mass is 16.4. The summed E-state index contributed by atoms with van der Waals surface area (Å²) in [6.07, 6.45) is 4.16. The number of benzene rings is 1. The third-order valence-corrected chi connectivity index (χ3v) is 4.62. The summed E-state index contributed by atoms with van der Waals surface area (Å²) in [5.41, 5.74) is 1.12. The summed E-state index contributed by atoms with van der Waals surface area (Å²) in [5, 5.41) is 13.2. The Morgan fingerprint density at radius 3 is 2.85 bits per heavy atom. The standard InChI is InChI=1S/C18H21N5O4/c1-21(10-16(24)22-7-3-5-14(9-22)18(26)27)17(25)13-4-2-6-15(8-13)23-12-19-11-20-23/h2,4,6,8,11-12,14H,3,5,7,9-10H2,1H3,(H,26,27). The van der Waals surface area contributed by atoms with Crippen molar-refractivity contribution in [2.75, 3.05) is 26.7 Å². The van der Waals surface area contributed by atoms with E-state index in [1.165, 1.54) is 22.5 Å². The molecule has 1 aliphatic rings. The first-order valence-electron chi connectivity index (χ1n) is 8.67. The smallest absolute Gasteiger partial charge is 0.308 e. The first-order valence-corrected chi connectivity index (χ1v) is 8.67. The van der Waals surface area contributed by atoms with Gasteiger partial charge in [-0.1, -0.05) is 6.07 Å². The van der Waals surface area contributed by atoms with E-state index in [9.17, 15) is 14.4 Å². The Morgan fingerprint density at radius 1 is 1.33 bits per heavy atom. The number of aliphatic carboxylic acids is 1. The molecule has 0 spiro atoms. The summed E-state index contributed by atoms with van der Waals surface area (Å²) in [4.78, 5) is 43.1. The van der Waals surface area contributed by atoms with Crippen LogP contribution in [0.4, 0.5) is 0 Å². The lowest BCUT2D eigenvalue weighted by Gasteiger charge is -2.32. The molecule has 1 saturated heterocycles. The van der Waals surface area contributed by atoms with Crippen LogP contribution in [-0.4, -0.2) is 74.1 Å². The topological polar surface area (TPSA) is 109 Å². The van der Waals surface area contributed by atoms with Gasteiger partial charge in [0.05, 0.1) is 18.2 Å². The molecule has 1 atom stereocenters. The molecule has 1 aromatic carbocycles. The van der Waals surface area contributed by atoms with E-state index in [-0.39, 0.29) is 24.9 Å². The molecule has 142 valence electrons. The molecule has 0 aliphatic carbocycles. The first kappa shape index (κ1) is 18.6. The third kappa shape index (κ3) is 4.30. The van der Waals surface area contributed by atoms with Gasteiger partial charge in [0.1, 0.15) is 12.7 Å². The molecular weight excluding hydrogens is 350 g/mol. The molecule has 1 aromatic heterocycles. The van der Waals surface area contributed by atoms with Crippen LogP contribution in [0, 0.1) is 5.92 Å². The minimum absolute atomic E-state index is 0.0985. The van der Waals surface area contributed by atoms with E-state index in [4.69, 9.17) is 5.11 Å². The summed E-state index contributed by atoms with van der Waals surface area (Å²) in [6.45, 7) is 0.614. The van der Waals surface area contributed by atoms with Gasteiger partial charge in [-0.3, -0.25) is 14.4 Å². The molecule has 0 radical (unpaired) electrons. The van der Waals surface area contributed by atoms with Crippen LogP contribution in [0.3, 0.4) is 0 Å². The van der Waals surface area contributed by atoms with Crippen molar-refractivity contribution in [3.05, 3.63) is 42.5 Å². The van der Waals surface area contributed by atoms with Gasteiger partial charge >= 0.3 is 5.97 Å². The summed E-state index contributed by atoms with van der Waals surface area (Å²) < 4.78 is 1.54. The highest BCUT2D eigenvalue weighted by Gasteiger charge is 2.29. The molecule has 0 saturated carbocycles. The van der Waals surface area contributed by atoms with Gasteiger partial charge in [0, 0.05) is 25.7 Å². The Morgan fingerprint density at radius 2 is 2.15 bits per heavy atom. The van der Waals surface area contributed by atoms with Crippen molar-refractivity contribution < 1.29 is 19.5 Å². The zero-order valence-electron chi connectivity index (χ0n) is 15.0. The van der Waals surface area contributed by atoms with Crippen LogP contribution in [-0.2, 0) is 9.59 Å². The van der Waals surface area contributed by atoms with Crippen LogP contribution < -0.4 is 0 Å². The molecule has 27 heavy (non-hydrogen) atoms. The zero-order chi connectivity index (χ0) is 19.4. The number of carboxylic acid groups (broad SMARTS) is 1. The van der Waals surface area contributed by atoms with Gasteiger partial charge in [-0.25, -0.2) is 9.67 Å². The lowest BCUT2D eigenvalue weighted by Crippen LogP contribution is -2.46. The molecule has 1 fully saturated rings. The maximum Gasteiger partial charge on any atom is 0.308 e. The maximum absolute atomic E-state index is 12.7. The summed E-state index contributed by atoms with van der Waals surface area (Å²) in [5.74, 6) is -1.97. The van der Waals surface area contributed by atoms with Crippen LogP contribution in [0.1, 0.15) is 23.2 Å². The Bertz CT molecular complexity index is 836. The second-order valence-electron chi connectivity index (χ2n) is 6.57. The van der Waals surface area contributed by atoms with Gasteiger partial charge in [-0.05, 0) is 31.0 Å². The summed E-state index contributed by atoms with van der Waals surface area (Å²) >= 11 is 0. The Labute approximate surface area is 156 Å². The number of carboxylic acids is 1. The highest BCUT2D eigenvalue weighted by Crippen LogP contribution is 2.17. The molecular formula is C18H21N5O4. The molecule has 1 aliphatic heterocycles. The predicted molar refractivity (Wildman–Crippen MR) is 95.3 cm³/mol. The van der Waals surface area contributed by atoms with Gasteiger partial charge in [-0.2, -0.15) is 5.10 Å². The van der Waals surface area contributed by atoms with Crippen LogP contribution >= 0.6 is 0 Å². The van der Waals surface area contributed by atoms with Gasteiger partial charge in [0.2, 0.25) is 5.91 Å². The molecule has 9 heteroatoms. The van der Waals surface area contributed by atoms with E-state index >= 15 is 0 Å². The second kappa shape index (κ2) is 7.98. The minimum atomic E-state index is -0.887. The lowest BCUT2D eigenvalue weighted by atomic mass is 9.98. The van der Waals surface area contributed by atoms with E-state index < -0.39 is 11.9 Å². The number of likely N-dealkylation sites (tertiary alicyclic amines) is 1. The zero-order valence-corrected chi connectivity index (χ0v) is 15.0. The number of carbonyl (C=O) groups is 3. The van der Waals surface area contributed by atoms with Gasteiger partial charge in [-0.15, -0.1) is 0 Å². The molecule has 3 rings (SSSR count). The fourth-order valence-corrected chi connectivity index (χ4v) is 3.12. The highest BCUT2D eigenvalue weighted by molar-refractivity contribution is 5.96. The van der Waals surface area contributed by atoms with Gasteiger partial charge in [0.15, 0.2) is 0 Å². The molecule has 9 nitrogen and oxygen atoms in total. The largest absolute Gasteiger partial charge is 0.481 e. The van der Waals surface area contributed by atoms with Crippen molar-refractivity contribution in [3.63, 3.8) is 0 Å². The van der Waals surface area contributed by atoms with E-state index in [0.29, 0.717) is 30.6 Å². The SMILES string of the molecule is CN(CC(=O)N1CCCC(C(=O)O)C1)C(=O)c1cccc(-n2cncn2)c1. The van der Waals surface area contributed by atoms with E-state index in [1.54, 1.807) is 36.0 Å². The predicted octanol–water partition coefficient (Wildman–Crippen LogP) is 0.663. The molecule has 1 unspecified atom stereocenters. The number of hydrogen-bond acceptors (Lipinski definition) is 5. The molecule has 2 amide bonds. The number of rotatable bonds is 5. The number of piperidine rings is 1. The molecule has 2 aromatic rings. The van der Waals surface area contributed by atoms with Gasteiger partial charge in [0.25, 0.3) is 5.91 Å². The van der Waals surface area contributed by atoms with Crippen LogP contribution in [0.2, 0.25) is 0 Å². The van der Waals surface area contributed by atoms with Crippen molar-refractivity contribution in [2.45, 2.75) is 12.8 Å². The number of likely N-dealkylation sites (N-methyl/N-ethyl adjacent to an activating group) is 1. The molecule has 1 N–H and O–H groups in total. The summed E-state index contributed by atoms with van der Waals surface area (Å²) in [7, 11) is 1.56. The minimum Gasteiger partial charge on any atom is -0.481 e. The monoisotopic (exact) mass is 371 g/mol. The fraction of sp³-hybridized carbons (Fsp3) is 0.389. The van der Waals surface area contributed by atoms with E-state index in [1.807, 2.05) is 0 Å². The number of carbonyl (C=O) groups excluding carboxylic acids is 2. The molecule has 0 bridgehead atoms. The van der Waals surface area contributed by atoms with Crippen molar-refractivity contribution in [2.24, 2.45) is 5.92 Å². The van der Waals surface area contributed by atoms with Crippen molar-refractivity contribution >= 4 is 17.8 Å². The normalized spacial score (nSPS) is 16.8. The number of aromatic nitrogens is 3. The Balaban J connectivity index is 1.64. The van der Waals surface area contributed by atoms with Crippen molar-refractivity contribution in [3.8, 4) is 5.69 Å². The maximum atomic E-state index is 12.7. The first-order chi connectivity index (χ1) is 13.0. The van der Waals surface area contributed by atoms with Crippen LogP contribution in [0.5, 0.6) is 0 Å². The van der Waals surface area contributed by atoms with Crippen LogP contribution in [0.15, 0.2) is 36.9 Å². The molecule has 2 heterocycles. The quantitative estimate of drug-likeness (QED) is 0.827. The van der Waals surface area contributed by atoms with Gasteiger partial charge < -0.3 is 14.9 Å². The number of amides is 2. The average Bonchev–Trinajstić information content (AvgIpc) is 3.22. The number of hydrogen-bond donors (Lipinski definition) is 1. The lowest BCUT2D eigenvalue weighted by molar-refractivity contribution is -0.145. The second-order valence-corrected chi connectivity index (χ2v) is 6.57. The third-order valence-electron chi connectivity index (χ3n) is 4.62. The van der Waals surface area contributed by atoms with Crippen molar-refractivity contribution in [1.29, 1.82) is 0 Å². The van der Waals surface area contributed by atoms with Crippen LogP contribution in [0.25, 0.3) is 5.69 Å².